The number of Topliss-reactive ketones (excluding diaryl/α,β-unsaturated/α-hetero) is 1. The third kappa shape index (κ3) is 2.48. The van der Waals surface area contributed by atoms with Crippen LogP contribution in [0.2, 0.25) is 0 Å². The summed E-state index contributed by atoms with van der Waals surface area (Å²) in [7, 11) is 0. The van der Waals surface area contributed by atoms with Crippen LogP contribution < -0.4 is 4.90 Å². The van der Waals surface area contributed by atoms with Gasteiger partial charge < -0.3 is 4.90 Å². The Morgan fingerprint density at radius 2 is 2.24 bits per heavy atom. The minimum atomic E-state index is 0.0749. The molecule has 0 aromatic carbocycles. The summed E-state index contributed by atoms with van der Waals surface area (Å²) in [5, 5.41) is 0. The van der Waals surface area contributed by atoms with Crippen molar-refractivity contribution in [2.45, 2.75) is 39.7 Å². The Kier molecular flexibility index (Phi) is 3.46. The molecule has 92 valence electrons. The standard InChI is InChI=1S/C14H20N2O/c1-10(2)13-5-4-8-16(13)14-7-6-12(9-15-14)11(3)17/h6-7,9-10,13H,4-5,8H2,1-3H3. The molecule has 0 aliphatic carbocycles. The fourth-order valence-corrected chi connectivity index (χ4v) is 2.53. The van der Waals surface area contributed by atoms with Crippen LogP contribution in [0.1, 0.15) is 44.0 Å². The van der Waals surface area contributed by atoms with Gasteiger partial charge in [0.05, 0.1) is 0 Å². The van der Waals surface area contributed by atoms with Gasteiger partial charge in [0.25, 0.3) is 0 Å². The average molecular weight is 232 g/mol. The zero-order chi connectivity index (χ0) is 12.4. The lowest BCUT2D eigenvalue weighted by atomic mass is 10.0. The lowest BCUT2D eigenvalue weighted by Gasteiger charge is -2.28. The number of anilines is 1. The number of hydrogen-bond acceptors (Lipinski definition) is 3. The van der Waals surface area contributed by atoms with Crippen LogP contribution in [0, 0.1) is 5.92 Å². The molecule has 1 unspecified atom stereocenters. The summed E-state index contributed by atoms with van der Waals surface area (Å²) in [4.78, 5) is 18.0. The molecule has 3 nitrogen and oxygen atoms in total. The largest absolute Gasteiger partial charge is 0.353 e. The van der Waals surface area contributed by atoms with E-state index in [0.717, 1.165) is 12.4 Å². The first-order valence-corrected chi connectivity index (χ1v) is 6.33. The smallest absolute Gasteiger partial charge is 0.161 e. The van der Waals surface area contributed by atoms with Gasteiger partial charge in [0, 0.05) is 24.3 Å². The Morgan fingerprint density at radius 1 is 1.47 bits per heavy atom. The average Bonchev–Trinajstić information content (AvgIpc) is 2.78. The monoisotopic (exact) mass is 232 g/mol. The molecule has 3 heteroatoms. The first-order valence-electron chi connectivity index (χ1n) is 6.33. The first-order chi connectivity index (χ1) is 8.09. The van der Waals surface area contributed by atoms with Crippen LogP contribution in [0.4, 0.5) is 5.82 Å². The topological polar surface area (TPSA) is 33.2 Å². The number of hydrogen-bond donors (Lipinski definition) is 0. The number of aromatic nitrogens is 1. The van der Waals surface area contributed by atoms with E-state index in [-0.39, 0.29) is 5.78 Å². The maximum atomic E-state index is 11.2. The van der Waals surface area contributed by atoms with E-state index in [4.69, 9.17) is 0 Å². The van der Waals surface area contributed by atoms with E-state index in [9.17, 15) is 4.79 Å². The van der Waals surface area contributed by atoms with Crippen LogP contribution in [-0.4, -0.2) is 23.4 Å². The maximum absolute atomic E-state index is 11.2. The Bertz CT molecular complexity index is 397. The van der Waals surface area contributed by atoms with Gasteiger partial charge in [-0.2, -0.15) is 0 Å². The van der Waals surface area contributed by atoms with Crippen molar-refractivity contribution in [1.82, 2.24) is 4.98 Å². The Hall–Kier alpha value is -1.38. The zero-order valence-corrected chi connectivity index (χ0v) is 10.8. The molecule has 1 aromatic heterocycles. The van der Waals surface area contributed by atoms with Crippen molar-refractivity contribution in [3.05, 3.63) is 23.9 Å². The quantitative estimate of drug-likeness (QED) is 0.751. The van der Waals surface area contributed by atoms with Gasteiger partial charge in [-0.25, -0.2) is 4.98 Å². The molecule has 0 N–H and O–H groups in total. The summed E-state index contributed by atoms with van der Waals surface area (Å²) in [6.45, 7) is 7.17. The molecule has 2 heterocycles. The van der Waals surface area contributed by atoms with Gasteiger partial charge in [-0.15, -0.1) is 0 Å². The molecule has 1 aliphatic heterocycles. The van der Waals surface area contributed by atoms with E-state index < -0.39 is 0 Å². The van der Waals surface area contributed by atoms with Crippen LogP contribution >= 0.6 is 0 Å². The Morgan fingerprint density at radius 3 is 2.76 bits per heavy atom. The predicted molar refractivity (Wildman–Crippen MR) is 69.4 cm³/mol. The van der Waals surface area contributed by atoms with E-state index in [2.05, 4.69) is 23.7 Å². The third-order valence-electron chi connectivity index (χ3n) is 3.52. The summed E-state index contributed by atoms with van der Waals surface area (Å²) in [6.07, 6.45) is 4.17. The summed E-state index contributed by atoms with van der Waals surface area (Å²) >= 11 is 0. The molecule has 0 amide bonds. The molecule has 1 aliphatic rings. The van der Waals surface area contributed by atoms with Gasteiger partial charge in [0.2, 0.25) is 0 Å². The number of ketones is 1. The summed E-state index contributed by atoms with van der Waals surface area (Å²) in [5.41, 5.74) is 0.689. The highest BCUT2D eigenvalue weighted by Gasteiger charge is 2.27. The van der Waals surface area contributed by atoms with E-state index in [1.165, 1.54) is 12.8 Å². The highest BCUT2D eigenvalue weighted by molar-refractivity contribution is 5.93. The van der Waals surface area contributed by atoms with Crippen LogP contribution in [0.15, 0.2) is 18.3 Å². The lowest BCUT2D eigenvalue weighted by molar-refractivity contribution is 0.101. The molecule has 0 saturated carbocycles. The van der Waals surface area contributed by atoms with E-state index >= 15 is 0 Å². The minimum absolute atomic E-state index is 0.0749. The molecule has 0 radical (unpaired) electrons. The third-order valence-corrected chi connectivity index (χ3v) is 3.52. The first kappa shape index (κ1) is 12.1. The van der Waals surface area contributed by atoms with E-state index in [1.807, 2.05) is 12.1 Å². The molecule has 0 spiro atoms. The Labute approximate surface area is 103 Å². The SMILES string of the molecule is CC(=O)c1ccc(N2CCCC2C(C)C)nc1. The molecule has 17 heavy (non-hydrogen) atoms. The maximum Gasteiger partial charge on any atom is 0.161 e. The predicted octanol–water partition coefficient (Wildman–Crippen LogP) is 2.91. The van der Waals surface area contributed by atoms with Crippen LogP contribution in [-0.2, 0) is 0 Å². The van der Waals surface area contributed by atoms with Crippen molar-refractivity contribution < 1.29 is 4.79 Å². The molecule has 1 atom stereocenters. The van der Waals surface area contributed by atoms with Crippen molar-refractivity contribution >= 4 is 11.6 Å². The van der Waals surface area contributed by atoms with Gasteiger partial charge in [-0.3, -0.25) is 4.79 Å². The second-order valence-electron chi connectivity index (χ2n) is 5.11. The van der Waals surface area contributed by atoms with Gasteiger partial charge in [-0.05, 0) is 37.8 Å². The number of nitrogens with zero attached hydrogens (tertiary/aromatic N) is 2. The summed E-state index contributed by atoms with van der Waals surface area (Å²) < 4.78 is 0. The molecule has 1 aromatic rings. The van der Waals surface area contributed by atoms with Crippen LogP contribution in [0.5, 0.6) is 0 Å². The van der Waals surface area contributed by atoms with Crippen molar-refractivity contribution in [2.75, 3.05) is 11.4 Å². The molecular weight excluding hydrogens is 212 g/mol. The van der Waals surface area contributed by atoms with E-state index in [1.54, 1.807) is 13.1 Å². The summed E-state index contributed by atoms with van der Waals surface area (Å²) in [5.74, 6) is 1.73. The number of rotatable bonds is 3. The second kappa shape index (κ2) is 4.86. The van der Waals surface area contributed by atoms with Crippen LogP contribution in [0.3, 0.4) is 0 Å². The zero-order valence-electron chi connectivity index (χ0n) is 10.8. The number of carbonyl (C=O) groups excluding carboxylic acids is 1. The van der Waals surface area contributed by atoms with Crippen LogP contribution in [0.25, 0.3) is 0 Å². The number of carbonyl (C=O) groups is 1. The highest BCUT2D eigenvalue weighted by atomic mass is 16.1. The normalized spacial score (nSPS) is 20.0. The van der Waals surface area contributed by atoms with Crippen molar-refractivity contribution in [3.63, 3.8) is 0 Å². The van der Waals surface area contributed by atoms with Crippen molar-refractivity contribution in [2.24, 2.45) is 5.92 Å². The summed E-state index contributed by atoms with van der Waals surface area (Å²) in [6, 6.07) is 4.43. The second-order valence-corrected chi connectivity index (χ2v) is 5.11. The van der Waals surface area contributed by atoms with Gasteiger partial charge in [-0.1, -0.05) is 13.8 Å². The van der Waals surface area contributed by atoms with Crippen molar-refractivity contribution in [1.29, 1.82) is 0 Å². The molecule has 0 bridgehead atoms. The highest BCUT2D eigenvalue weighted by Crippen LogP contribution is 2.28. The lowest BCUT2D eigenvalue weighted by Crippen LogP contribution is -2.33. The van der Waals surface area contributed by atoms with E-state index in [0.29, 0.717) is 17.5 Å². The molecule has 1 fully saturated rings. The molecule has 2 rings (SSSR count). The fraction of sp³-hybridized carbons (Fsp3) is 0.571. The number of pyridine rings is 1. The van der Waals surface area contributed by atoms with Crippen molar-refractivity contribution in [3.8, 4) is 0 Å². The molecule has 1 saturated heterocycles. The van der Waals surface area contributed by atoms with Gasteiger partial charge in [0.1, 0.15) is 5.82 Å². The Balaban J connectivity index is 2.19. The fourth-order valence-electron chi connectivity index (χ4n) is 2.53. The minimum Gasteiger partial charge on any atom is -0.353 e. The van der Waals surface area contributed by atoms with Gasteiger partial charge in [0.15, 0.2) is 5.78 Å². The van der Waals surface area contributed by atoms with Gasteiger partial charge >= 0.3 is 0 Å². The molecular formula is C14H20N2O.